The highest BCUT2D eigenvalue weighted by Gasteiger charge is 2.39. The van der Waals surface area contributed by atoms with Crippen LogP contribution in [0.2, 0.25) is 0 Å². The van der Waals surface area contributed by atoms with Gasteiger partial charge in [-0.15, -0.1) is 0 Å². The average Bonchev–Trinajstić information content (AvgIpc) is 3.77. The van der Waals surface area contributed by atoms with Gasteiger partial charge in [-0.2, -0.15) is 0 Å². The molecule has 6 atom stereocenters. The molecule has 2 aliphatic carbocycles. The van der Waals surface area contributed by atoms with Gasteiger partial charge in [-0.3, -0.25) is 0 Å². The van der Waals surface area contributed by atoms with Gasteiger partial charge in [-0.05, 0) is 108 Å². The molecule has 210 valence electrons. The number of nitrogens with one attached hydrogen (secondary N) is 2. The lowest BCUT2D eigenvalue weighted by Crippen LogP contribution is -2.38. The Morgan fingerprint density at radius 1 is 0.775 bits per heavy atom. The van der Waals surface area contributed by atoms with Gasteiger partial charge in [-0.1, -0.05) is 74.5 Å². The van der Waals surface area contributed by atoms with E-state index in [1.165, 1.54) is 44.5 Å². The molecule has 40 heavy (non-hydrogen) atoms. The maximum absolute atomic E-state index is 11.6. The van der Waals surface area contributed by atoms with Crippen LogP contribution >= 0.6 is 0 Å². The Kier molecular flexibility index (Phi) is 6.87. The maximum Gasteiger partial charge on any atom is 0.0802 e. The Bertz CT molecular complexity index is 1390. The zero-order valence-corrected chi connectivity index (χ0v) is 24.0. The number of fused-ring (bicyclic) bond motifs is 4. The molecule has 4 heteroatoms. The van der Waals surface area contributed by atoms with E-state index < -0.39 is 6.10 Å². The molecule has 2 aliphatic heterocycles. The SMILES string of the molecule is CC(C)(Cc1ccc2c(c1)C([C@@H](O)[C@@H]1CCCN1)c1ccccc1-2)c1ccc2c(c1)C([C@@H](O)[C@@H]1CCCN1)CC2. The van der Waals surface area contributed by atoms with Crippen LogP contribution in [0.1, 0.15) is 91.2 Å². The van der Waals surface area contributed by atoms with E-state index in [4.69, 9.17) is 0 Å². The molecule has 0 aromatic heterocycles. The van der Waals surface area contributed by atoms with Crippen LogP contribution < -0.4 is 10.6 Å². The van der Waals surface area contributed by atoms with Crippen LogP contribution in [0.5, 0.6) is 0 Å². The quantitative estimate of drug-likeness (QED) is 0.319. The highest BCUT2D eigenvalue weighted by atomic mass is 16.3. The fraction of sp³-hybridized carbons (Fsp3) is 0.500. The summed E-state index contributed by atoms with van der Waals surface area (Å²) >= 11 is 0. The molecule has 0 saturated carbocycles. The van der Waals surface area contributed by atoms with Gasteiger partial charge in [0.25, 0.3) is 0 Å². The summed E-state index contributed by atoms with van der Waals surface area (Å²) in [6.07, 6.45) is 6.71. The van der Waals surface area contributed by atoms with Crippen LogP contribution in [-0.2, 0) is 18.3 Å². The lowest BCUT2D eigenvalue weighted by molar-refractivity contribution is 0.107. The van der Waals surface area contributed by atoms with Crippen molar-refractivity contribution < 1.29 is 10.2 Å². The van der Waals surface area contributed by atoms with Crippen LogP contribution in [0, 0.1) is 0 Å². The minimum absolute atomic E-state index is 0.0105. The van der Waals surface area contributed by atoms with E-state index in [9.17, 15) is 10.2 Å². The summed E-state index contributed by atoms with van der Waals surface area (Å²) in [7, 11) is 0. The van der Waals surface area contributed by atoms with Crippen LogP contribution in [0.15, 0.2) is 60.7 Å². The van der Waals surface area contributed by atoms with Crippen molar-refractivity contribution in [2.45, 2.75) is 100 Å². The Balaban J connectivity index is 1.17. The number of aliphatic hydroxyl groups excluding tert-OH is 2. The lowest BCUT2D eigenvalue weighted by Gasteiger charge is -2.29. The topological polar surface area (TPSA) is 64.5 Å². The van der Waals surface area contributed by atoms with E-state index in [1.54, 1.807) is 0 Å². The first-order valence-corrected chi connectivity index (χ1v) is 15.6. The molecule has 0 bridgehead atoms. The van der Waals surface area contributed by atoms with E-state index in [0.717, 1.165) is 58.0 Å². The standard InChI is InChI=1S/C36H44N2O2/c1-36(2,24-14-12-23-13-16-28(29(23)20-24)34(39)31-9-5-17-37-31)21-22-11-15-26-25-7-3-4-8-27(25)33(30(26)19-22)35(40)32-10-6-18-38-32/h3-4,7-8,11-12,14-15,19-20,28,31-35,37-40H,5-6,9-10,13,16-18,21H2,1-2H3/t28?,31-,32-,33?,34+,35-/m0/s1. The molecule has 4 nitrogen and oxygen atoms in total. The monoisotopic (exact) mass is 536 g/mol. The lowest BCUT2D eigenvalue weighted by atomic mass is 9.76. The molecule has 3 aromatic carbocycles. The summed E-state index contributed by atoms with van der Waals surface area (Å²) in [4.78, 5) is 0. The number of benzene rings is 3. The molecule has 2 saturated heterocycles. The third-order valence-corrected chi connectivity index (χ3v) is 10.5. The summed E-state index contributed by atoms with van der Waals surface area (Å²) in [6, 6.07) is 23.0. The van der Waals surface area contributed by atoms with Gasteiger partial charge in [0.1, 0.15) is 0 Å². The van der Waals surface area contributed by atoms with Crippen molar-refractivity contribution in [1.29, 1.82) is 0 Å². The van der Waals surface area contributed by atoms with Crippen molar-refractivity contribution in [1.82, 2.24) is 10.6 Å². The molecule has 0 amide bonds. The fourth-order valence-corrected chi connectivity index (χ4v) is 8.31. The average molecular weight is 537 g/mol. The van der Waals surface area contributed by atoms with Gasteiger partial charge in [0.05, 0.1) is 12.2 Å². The summed E-state index contributed by atoms with van der Waals surface area (Å²) in [5.41, 5.74) is 10.5. The first-order valence-electron chi connectivity index (χ1n) is 15.6. The van der Waals surface area contributed by atoms with E-state index in [0.29, 0.717) is 0 Å². The van der Waals surface area contributed by atoms with Crippen molar-refractivity contribution in [3.63, 3.8) is 0 Å². The van der Waals surface area contributed by atoms with Gasteiger partial charge in [0, 0.05) is 23.9 Å². The molecule has 3 aromatic rings. The van der Waals surface area contributed by atoms with Crippen LogP contribution in [0.25, 0.3) is 11.1 Å². The minimum Gasteiger partial charge on any atom is -0.391 e. The second-order valence-corrected chi connectivity index (χ2v) is 13.5. The first-order chi connectivity index (χ1) is 19.4. The third kappa shape index (κ3) is 4.54. The summed E-state index contributed by atoms with van der Waals surface area (Å²) in [5, 5.41) is 29.9. The zero-order valence-electron chi connectivity index (χ0n) is 24.0. The largest absolute Gasteiger partial charge is 0.391 e. The van der Waals surface area contributed by atoms with Gasteiger partial charge >= 0.3 is 0 Å². The van der Waals surface area contributed by atoms with Crippen LogP contribution in [0.3, 0.4) is 0 Å². The zero-order chi connectivity index (χ0) is 27.4. The Labute approximate surface area is 239 Å². The van der Waals surface area contributed by atoms with Gasteiger partial charge in [0.15, 0.2) is 0 Å². The molecule has 2 heterocycles. The number of hydrogen-bond donors (Lipinski definition) is 4. The molecule has 7 rings (SSSR count). The van der Waals surface area contributed by atoms with Crippen LogP contribution in [-0.4, -0.2) is 47.6 Å². The third-order valence-electron chi connectivity index (χ3n) is 10.5. The van der Waals surface area contributed by atoms with Crippen LogP contribution in [0.4, 0.5) is 0 Å². The Morgan fingerprint density at radius 2 is 1.50 bits per heavy atom. The summed E-state index contributed by atoms with van der Waals surface area (Å²) < 4.78 is 0. The van der Waals surface area contributed by atoms with Crippen molar-refractivity contribution >= 4 is 0 Å². The molecular formula is C36H44N2O2. The fourth-order valence-electron chi connectivity index (χ4n) is 8.31. The van der Waals surface area contributed by atoms with E-state index in [1.807, 2.05) is 0 Å². The molecule has 4 N–H and O–H groups in total. The number of rotatable bonds is 7. The second-order valence-electron chi connectivity index (χ2n) is 13.5. The Morgan fingerprint density at radius 3 is 2.25 bits per heavy atom. The molecular weight excluding hydrogens is 492 g/mol. The molecule has 2 unspecified atom stereocenters. The highest BCUT2D eigenvalue weighted by Crippen LogP contribution is 2.48. The Hall–Kier alpha value is -2.50. The minimum atomic E-state index is -0.428. The first kappa shape index (κ1) is 26.4. The van der Waals surface area contributed by atoms with Gasteiger partial charge in [0.2, 0.25) is 0 Å². The molecule has 0 spiro atoms. The second kappa shape index (κ2) is 10.4. The molecule has 2 fully saturated rings. The van der Waals surface area contributed by atoms with Crippen molar-refractivity contribution in [2.24, 2.45) is 0 Å². The summed E-state index contributed by atoms with van der Waals surface area (Å²) in [5.74, 6) is 0.239. The maximum atomic E-state index is 11.6. The van der Waals surface area contributed by atoms with Crippen molar-refractivity contribution in [3.05, 3.63) is 94.0 Å². The number of aryl methyl sites for hydroxylation is 1. The predicted molar refractivity (Wildman–Crippen MR) is 162 cm³/mol. The van der Waals surface area contributed by atoms with E-state index >= 15 is 0 Å². The predicted octanol–water partition coefficient (Wildman–Crippen LogP) is 5.57. The van der Waals surface area contributed by atoms with Gasteiger partial charge in [-0.25, -0.2) is 0 Å². The number of hydrogen-bond acceptors (Lipinski definition) is 4. The van der Waals surface area contributed by atoms with E-state index in [-0.39, 0.29) is 35.4 Å². The smallest absolute Gasteiger partial charge is 0.0802 e. The van der Waals surface area contributed by atoms with Crippen molar-refractivity contribution in [2.75, 3.05) is 13.1 Å². The highest BCUT2D eigenvalue weighted by molar-refractivity contribution is 5.79. The normalized spacial score (nSPS) is 26.9. The van der Waals surface area contributed by atoms with Gasteiger partial charge < -0.3 is 20.8 Å². The van der Waals surface area contributed by atoms with E-state index in [2.05, 4.69) is 85.1 Å². The molecule has 4 aliphatic rings. The van der Waals surface area contributed by atoms with Crippen molar-refractivity contribution in [3.8, 4) is 11.1 Å². The number of aliphatic hydroxyl groups is 2. The molecule has 0 radical (unpaired) electrons. The summed E-state index contributed by atoms with van der Waals surface area (Å²) in [6.45, 7) is 6.72.